The summed E-state index contributed by atoms with van der Waals surface area (Å²) >= 11 is 19.0. The Bertz CT molecular complexity index is 1420. The number of rotatable bonds is 80. The molecule has 0 heterocycles. The van der Waals surface area contributed by atoms with E-state index in [0.717, 1.165) is 51.4 Å². The largest absolute Gasteiger partial charge is 2.00 e. The zero-order chi connectivity index (χ0) is 73.7. The molecule has 0 aromatic rings. The van der Waals surface area contributed by atoms with Crippen LogP contribution in [0.4, 0.5) is 0 Å². The molecule has 0 bridgehead atoms. The maximum absolute atomic E-state index is 11.3. The maximum Gasteiger partial charge on any atom is 2.00 e. The molecule has 0 saturated carbocycles. The third-order valence-electron chi connectivity index (χ3n) is 18.5. The number of carbonyl (C=O) groups is 4. The van der Waals surface area contributed by atoms with E-state index in [-0.39, 0.29) is 100 Å². The number of allylic oxidation sites excluding steroid dienone is 4. The van der Waals surface area contributed by atoms with Gasteiger partial charge in [-0.25, -0.2) is 0 Å². The molecule has 620 valence electrons. The first-order valence-corrected chi connectivity index (χ1v) is 44.9. The van der Waals surface area contributed by atoms with Gasteiger partial charge in [0.1, 0.15) is 0 Å². The van der Waals surface area contributed by atoms with Crippen molar-refractivity contribution < 1.29 is 38.1 Å². The van der Waals surface area contributed by atoms with Crippen LogP contribution in [0, 0.1) is 0 Å². The Labute approximate surface area is 719 Å². The molecule has 0 aromatic carbocycles. The molecule has 0 aliphatic heterocycles. The van der Waals surface area contributed by atoms with Crippen LogP contribution in [0.3, 0.4) is 0 Å². The first-order valence-electron chi connectivity index (χ1n) is 42.6. The molecule has 0 rings (SSSR count). The number of ether oxygens (including phenoxy) is 4. The summed E-state index contributed by atoms with van der Waals surface area (Å²) in [5, 5.41) is 0. The molecule has 0 aliphatic rings. The van der Waals surface area contributed by atoms with Crippen LogP contribution in [0.25, 0.3) is 0 Å². The molecular weight excluding hydrogens is 1610 g/mol. The predicted molar refractivity (Wildman–Crippen MR) is 483 cm³/mol. The summed E-state index contributed by atoms with van der Waals surface area (Å²) in [6.07, 6.45) is 95.0. The first-order chi connectivity index (χ1) is 49.2. The van der Waals surface area contributed by atoms with Crippen LogP contribution in [-0.2, 0) is 88.6 Å². The maximum atomic E-state index is 11.3. The van der Waals surface area contributed by atoms with E-state index < -0.39 is 0 Å². The molecule has 8 nitrogen and oxygen atoms in total. The van der Waals surface area contributed by atoms with E-state index in [1.807, 2.05) is 24.3 Å². The van der Waals surface area contributed by atoms with Crippen LogP contribution in [0.1, 0.15) is 451 Å². The van der Waals surface area contributed by atoms with Gasteiger partial charge in [-0.15, -0.1) is 49.3 Å². The summed E-state index contributed by atoms with van der Waals surface area (Å²) < 4.78 is 19.9. The van der Waals surface area contributed by atoms with Crippen LogP contribution < -0.4 is 0 Å². The zero-order valence-electron chi connectivity index (χ0n) is 67.3. The van der Waals surface area contributed by atoms with Crippen molar-refractivity contribution in [3.8, 4) is 0 Å². The van der Waals surface area contributed by atoms with Crippen LogP contribution in [-0.4, -0.2) is 121 Å². The molecule has 0 aromatic heterocycles. The van der Waals surface area contributed by atoms with E-state index >= 15 is 0 Å². The summed E-state index contributed by atoms with van der Waals surface area (Å²) in [5.74, 6) is 1.68. The Morgan fingerprint density at radius 1 is 0.200 bits per heavy atom. The van der Waals surface area contributed by atoms with Crippen LogP contribution in [0.2, 0.25) is 0 Å². The molecule has 0 amide bonds. The quantitative estimate of drug-likeness (QED) is 0.0145. The van der Waals surface area contributed by atoms with Gasteiger partial charge < -0.3 is 69.5 Å². The zero-order valence-corrected chi connectivity index (χ0v) is 77.3. The molecule has 0 unspecified atom stereocenters. The number of carbonyl (C=O) groups excluding carboxylic acids is 4. The number of unbranched alkanes of at least 4 members (excludes halogenated alkanes) is 60. The Balaban J connectivity index is -0.000000165. The van der Waals surface area contributed by atoms with Gasteiger partial charge in [0.25, 0.3) is 0 Å². The van der Waals surface area contributed by atoms with Gasteiger partial charge in [0.2, 0.25) is 0 Å². The van der Waals surface area contributed by atoms with E-state index in [1.165, 1.54) is 360 Å². The molecule has 15 heteroatoms. The average molecular weight is 1780 g/mol. The summed E-state index contributed by atoms with van der Waals surface area (Å²) in [5.41, 5.74) is 0. The number of hydrogen-bond acceptors (Lipinski definition) is 12. The van der Waals surface area contributed by atoms with Crippen LogP contribution in [0.15, 0.2) is 50.6 Å². The smallest absolute Gasteiger partial charge is 0.789 e. The fourth-order valence-electron chi connectivity index (χ4n) is 12.3. The van der Waals surface area contributed by atoms with Gasteiger partial charge in [0.15, 0.2) is 0 Å². The second-order valence-corrected chi connectivity index (χ2v) is 29.9. The Morgan fingerprint density at radius 2 is 0.295 bits per heavy atom. The van der Waals surface area contributed by atoms with E-state index in [4.69, 9.17) is 69.5 Å². The molecule has 0 fully saturated rings. The van der Waals surface area contributed by atoms with Crippen molar-refractivity contribution in [2.75, 3.05) is 49.4 Å². The van der Waals surface area contributed by atoms with Crippen LogP contribution in [0.5, 0.6) is 0 Å². The third-order valence-corrected chi connectivity index (χ3v) is 19.2. The van der Waals surface area contributed by atoms with Crippen molar-refractivity contribution in [2.24, 2.45) is 0 Å². The SMILES string of the molecule is C.C.C=CCCCCCCCCCCCCCCCCCC(=O)OCC[S-].C=CCCCCCCCCCCCCCCCCCC(=O)OCC[S-].C=CCCCCCCCCCCCCCCCCCC(=O)OCC[S-].C=CCCCCCCCCCCCCCCCCCC(=O)OCC[S-].S.[Sn+2].[Sn+2]. The Morgan fingerprint density at radius 3 is 0.390 bits per heavy atom. The van der Waals surface area contributed by atoms with Gasteiger partial charge in [0, 0.05) is 25.7 Å². The summed E-state index contributed by atoms with van der Waals surface area (Å²) in [6.45, 7) is 16.6. The Kier molecular flexibility index (Phi) is 141. The molecule has 0 atom stereocenters. The van der Waals surface area contributed by atoms with Crippen molar-refractivity contribution in [3.05, 3.63) is 50.6 Å². The second-order valence-electron chi connectivity index (χ2n) is 28.2. The molecule has 0 N–H and O–H groups in total. The van der Waals surface area contributed by atoms with Gasteiger partial charge in [-0.2, -0.15) is 13.5 Å². The van der Waals surface area contributed by atoms with Gasteiger partial charge in [0.05, 0.1) is 26.4 Å². The number of esters is 4. The van der Waals surface area contributed by atoms with Gasteiger partial charge in [-0.05, 0) is 77.0 Å². The van der Waals surface area contributed by atoms with Crippen molar-refractivity contribution in [3.63, 3.8) is 0 Å². The summed E-state index contributed by atoms with van der Waals surface area (Å²) in [6, 6.07) is 0. The Hall–Kier alpha value is 0.187. The van der Waals surface area contributed by atoms with Crippen molar-refractivity contribution in [1.82, 2.24) is 0 Å². The van der Waals surface area contributed by atoms with E-state index in [1.54, 1.807) is 0 Å². The van der Waals surface area contributed by atoms with Gasteiger partial charge >= 0.3 is 71.7 Å². The average Bonchev–Trinajstić information content (AvgIpc) is 3.63. The first kappa shape index (κ1) is 123. The van der Waals surface area contributed by atoms with Gasteiger partial charge in [-0.3, -0.25) is 19.2 Å². The minimum absolute atomic E-state index is 0. The van der Waals surface area contributed by atoms with E-state index in [0.29, 0.717) is 75.1 Å². The predicted octanol–water partition coefficient (Wildman–Crippen LogP) is 28.2. The molecule has 105 heavy (non-hydrogen) atoms. The molecule has 0 saturated heterocycles. The minimum Gasteiger partial charge on any atom is -0.789 e. The van der Waals surface area contributed by atoms with Crippen molar-refractivity contribution in [1.29, 1.82) is 0 Å². The molecule has 0 spiro atoms. The molecular formula is C90H174O8S5Sn2. The monoisotopic (exact) mass is 1780 g/mol. The summed E-state index contributed by atoms with van der Waals surface area (Å²) in [7, 11) is 0. The second kappa shape index (κ2) is 120. The minimum atomic E-state index is -0.0818. The van der Waals surface area contributed by atoms with E-state index in [9.17, 15) is 19.2 Å². The van der Waals surface area contributed by atoms with Crippen molar-refractivity contribution >= 4 is 136 Å². The van der Waals surface area contributed by atoms with Crippen LogP contribution >= 0.6 is 13.5 Å². The van der Waals surface area contributed by atoms with Crippen molar-refractivity contribution in [2.45, 2.75) is 451 Å². The normalized spacial score (nSPS) is 10.2. The topological polar surface area (TPSA) is 105 Å². The fourth-order valence-corrected chi connectivity index (χ4v) is 12.7. The fraction of sp³-hybridized carbons (Fsp3) is 0.867. The third kappa shape index (κ3) is 128. The number of hydrogen-bond donors (Lipinski definition) is 0. The standard InChI is InChI=1S/4C22H42O2S.2CH4.H2S.2Sn/c4*1-2-3-4-5-6-7-8-9-10-11-12-13-14-15-16-17-18-19-22(23)24-20-21-25;;;;;/h4*2,25H,1,3-21H2;2*1H4;1H2;;/q;;;;;;;2*+2/p-4. The van der Waals surface area contributed by atoms with Gasteiger partial charge in [-0.1, -0.05) is 373 Å². The molecule has 4 radical (unpaired) electrons. The van der Waals surface area contributed by atoms with E-state index in [2.05, 4.69) is 26.3 Å². The summed E-state index contributed by atoms with van der Waals surface area (Å²) in [4.78, 5) is 45.2. The molecule has 0 aliphatic carbocycles.